The number of carbonyl (C=O) groups excluding carboxylic acids is 2. The normalized spacial score (nSPS) is 16.2. The largest absolute Gasteiger partial charge is 0.337 e. The molecular weight excluding hydrogens is 342 g/mol. The predicted octanol–water partition coefficient (Wildman–Crippen LogP) is 2.62. The van der Waals surface area contributed by atoms with Crippen LogP contribution in [-0.4, -0.2) is 44.6 Å². The lowest BCUT2D eigenvalue weighted by atomic mass is 10.1. The van der Waals surface area contributed by atoms with Gasteiger partial charge in [-0.15, -0.1) is 0 Å². The van der Waals surface area contributed by atoms with Gasteiger partial charge in [-0.2, -0.15) is 5.10 Å². The Morgan fingerprint density at radius 3 is 2.52 bits per heavy atom. The number of rotatable bonds is 2. The molecule has 1 aromatic carbocycles. The fraction of sp³-hybridized carbons (Fsp3) is 0.500. The molecule has 144 valence electrons. The van der Waals surface area contributed by atoms with Crippen molar-refractivity contribution in [2.75, 3.05) is 18.0 Å². The second kappa shape index (κ2) is 9.30. The van der Waals surface area contributed by atoms with E-state index in [1.54, 1.807) is 17.9 Å². The van der Waals surface area contributed by atoms with Crippen molar-refractivity contribution in [3.63, 3.8) is 0 Å². The second-order valence-electron chi connectivity index (χ2n) is 6.98. The van der Waals surface area contributed by atoms with Crippen LogP contribution in [0.25, 0.3) is 0 Å². The number of aromatic nitrogens is 3. The Balaban J connectivity index is 1.86. The van der Waals surface area contributed by atoms with Crippen LogP contribution in [0.4, 0.5) is 5.69 Å². The second-order valence-corrected chi connectivity index (χ2v) is 6.98. The molecule has 1 aliphatic rings. The minimum absolute atomic E-state index is 0.0155. The van der Waals surface area contributed by atoms with Gasteiger partial charge in [0.15, 0.2) is 0 Å². The molecule has 7 heteroatoms. The van der Waals surface area contributed by atoms with Crippen molar-refractivity contribution in [3.8, 4) is 0 Å². The van der Waals surface area contributed by atoms with Crippen LogP contribution in [0.2, 0.25) is 0 Å². The van der Waals surface area contributed by atoms with Crippen LogP contribution in [0.5, 0.6) is 0 Å². The van der Waals surface area contributed by atoms with Crippen LogP contribution in [0.3, 0.4) is 0 Å². The van der Waals surface area contributed by atoms with Crippen LogP contribution in [0.15, 0.2) is 36.9 Å². The average molecular weight is 369 g/mol. The summed E-state index contributed by atoms with van der Waals surface area (Å²) in [6, 6.07) is 7.89. The number of anilines is 1. The van der Waals surface area contributed by atoms with Gasteiger partial charge in [0.25, 0.3) is 0 Å². The standard InChI is InChI=1S/C20H27N5O2/c1-17(26)25-12-8-4-2-3-7-11-23(13-18-9-5-6-10-19(18)25)20(27)14-24-16-21-15-22-24/h5-6,9-10,15-16H,2-4,7-8,11-14H2,1H3. The van der Waals surface area contributed by atoms with Crippen LogP contribution in [0, 0.1) is 0 Å². The van der Waals surface area contributed by atoms with Crippen molar-refractivity contribution < 1.29 is 9.59 Å². The van der Waals surface area contributed by atoms with Crippen molar-refractivity contribution in [1.29, 1.82) is 0 Å². The monoisotopic (exact) mass is 369 g/mol. The molecule has 1 aromatic heterocycles. The highest BCUT2D eigenvalue weighted by atomic mass is 16.2. The molecule has 0 aliphatic carbocycles. The molecule has 0 saturated carbocycles. The van der Waals surface area contributed by atoms with Crippen molar-refractivity contribution in [1.82, 2.24) is 19.7 Å². The quantitative estimate of drug-likeness (QED) is 0.816. The summed E-state index contributed by atoms with van der Waals surface area (Å²) in [7, 11) is 0. The molecule has 2 amide bonds. The Hall–Kier alpha value is -2.70. The van der Waals surface area contributed by atoms with E-state index in [9.17, 15) is 9.59 Å². The van der Waals surface area contributed by atoms with Gasteiger partial charge in [0, 0.05) is 32.2 Å². The SMILES string of the molecule is CC(=O)N1CCCCCCCN(C(=O)Cn2cncn2)Cc2ccccc21. The average Bonchev–Trinajstić information content (AvgIpc) is 3.15. The van der Waals surface area contributed by atoms with Gasteiger partial charge >= 0.3 is 0 Å². The summed E-state index contributed by atoms with van der Waals surface area (Å²) >= 11 is 0. The van der Waals surface area contributed by atoms with Crippen molar-refractivity contribution >= 4 is 17.5 Å². The van der Waals surface area contributed by atoms with E-state index >= 15 is 0 Å². The highest BCUT2D eigenvalue weighted by Crippen LogP contribution is 2.24. The number of benzene rings is 1. The lowest BCUT2D eigenvalue weighted by Gasteiger charge is -2.29. The van der Waals surface area contributed by atoms with Gasteiger partial charge in [0.2, 0.25) is 11.8 Å². The first-order valence-electron chi connectivity index (χ1n) is 9.61. The van der Waals surface area contributed by atoms with E-state index in [-0.39, 0.29) is 18.4 Å². The van der Waals surface area contributed by atoms with Gasteiger partial charge in [0.1, 0.15) is 19.2 Å². The maximum Gasteiger partial charge on any atom is 0.244 e. The van der Waals surface area contributed by atoms with Crippen molar-refractivity contribution in [2.45, 2.75) is 52.1 Å². The summed E-state index contributed by atoms with van der Waals surface area (Å²) in [5, 5.41) is 4.04. The molecule has 0 N–H and O–H groups in total. The third-order valence-corrected chi connectivity index (χ3v) is 4.95. The first kappa shape index (κ1) is 19.1. The number of nitrogens with zero attached hydrogens (tertiary/aromatic N) is 5. The van der Waals surface area contributed by atoms with Crippen molar-refractivity contribution in [3.05, 3.63) is 42.5 Å². The number of carbonyl (C=O) groups is 2. The summed E-state index contributed by atoms with van der Waals surface area (Å²) in [6.07, 6.45) is 8.29. The van der Waals surface area contributed by atoms with Crippen LogP contribution < -0.4 is 4.90 Å². The summed E-state index contributed by atoms with van der Waals surface area (Å²) in [5.41, 5.74) is 1.91. The number of para-hydroxylation sites is 1. The van der Waals surface area contributed by atoms with E-state index in [0.717, 1.165) is 49.9 Å². The maximum atomic E-state index is 12.9. The Kier molecular flexibility index (Phi) is 6.57. The number of hydrogen-bond acceptors (Lipinski definition) is 4. The Labute approximate surface area is 160 Å². The fourth-order valence-electron chi connectivity index (χ4n) is 3.51. The molecule has 27 heavy (non-hydrogen) atoms. The third-order valence-electron chi connectivity index (χ3n) is 4.95. The van der Waals surface area contributed by atoms with Crippen LogP contribution >= 0.6 is 0 Å². The maximum absolute atomic E-state index is 12.9. The zero-order valence-electron chi connectivity index (χ0n) is 15.9. The first-order chi connectivity index (χ1) is 13.1. The van der Waals surface area contributed by atoms with Gasteiger partial charge in [-0.25, -0.2) is 9.67 Å². The predicted molar refractivity (Wildman–Crippen MR) is 103 cm³/mol. The molecule has 7 nitrogen and oxygen atoms in total. The van der Waals surface area contributed by atoms with Gasteiger partial charge in [-0.05, 0) is 24.5 Å². The van der Waals surface area contributed by atoms with E-state index in [0.29, 0.717) is 13.1 Å². The molecule has 0 spiro atoms. The number of amides is 2. The zero-order valence-corrected chi connectivity index (χ0v) is 15.9. The highest BCUT2D eigenvalue weighted by Gasteiger charge is 2.20. The molecule has 0 fully saturated rings. The van der Waals surface area contributed by atoms with Crippen LogP contribution in [-0.2, 0) is 22.7 Å². The minimum atomic E-state index is 0.0155. The Bertz CT molecular complexity index is 759. The molecule has 0 saturated heterocycles. The van der Waals surface area contributed by atoms with E-state index in [4.69, 9.17) is 0 Å². The van der Waals surface area contributed by atoms with Crippen molar-refractivity contribution in [2.24, 2.45) is 0 Å². The Morgan fingerprint density at radius 2 is 1.78 bits per heavy atom. The summed E-state index contributed by atoms with van der Waals surface area (Å²) in [4.78, 5) is 32.7. The third kappa shape index (κ3) is 5.15. The minimum Gasteiger partial charge on any atom is -0.337 e. The van der Waals surface area contributed by atoms with E-state index in [1.807, 2.05) is 34.1 Å². The fourth-order valence-corrected chi connectivity index (χ4v) is 3.51. The van der Waals surface area contributed by atoms with E-state index < -0.39 is 0 Å². The molecule has 0 bridgehead atoms. The Morgan fingerprint density at radius 1 is 1.04 bits per heavy atom. The molecule has 0 atom stereocenters. The first-order valence-corrected chi connectivity index (χ1v) is 9.61. The molecule has 3 rings (SSSR count). The number of fused-ring (bicyclic) bond motifs is 1. The summed E-state index contributed by atoms with van der Waals surface area (Å²) in [6.45, 7) is 3.71. The molecule has 2 heterocycles. The van der Waals surface area contributed by atoms with E-state index in [2.05, 4.69) is 10.1 Å². The molecule has 2 aromatic rings. The van der Waals surface area contributed by atoms with Gasteiger partial charge in [0.05, 0.1) is 0 Å². The summed E-state index contributed by atoms with van der Waals surface area (Å²) in [5.74, 6) is 0.0572. The lowest BCUT2D eigenvalue weighted by Crippen LogP contribution is -2.36. The zero-order chi connectivity index (χ0) is 19.1. The molecule has 0 unspecified atom stereocenters. The van der Waals surface area contributed by atoms with Gasteiger partial charge in [-0.1, -0.05) is 37.5 Å². The summed E-state index contributed by atoms with van der Waals surface area (Å²) < 4.78 is 1.55. The van der Waals surface area contributed by atoms with E-state index in [1.165, 1.54) is 6.33 Å². The van der Waals surface area contributed by atoms with Gasteiger partial charge in [-0.3, -0.25) is 9.59 Å². The molecule has 0 radical (unpaired) electrons. The lowest BCUT2D eigenvalue weighted by molar-refractivity contribution is -0.132. The topological polar surface area (TPSA) is 71.3 Å². The molecular formula is C20H27N5O2. The smallest absolute Gasteiger partial charge is 0.244 e. The molecule has 1 aliphatic heterocycles. The highest BCUT2D eigenvalue weighted by molar-refractivity contribution is 5.92. The van der Waals surface area contributed by atoms with Crippen LogP contribution in [0.1, 0.15) is 44.6 Å². The van der Waals surface area contributed by atoms with Gasteiger partial charge < -0.3 is 9.80 Å². The number of hydrogen-bond donors (Lipinski definition) is 0.